The van der Waals surface area contributed by atoms with Gasteiger partial charge in [-0.3, -0.25) is 4.99 Å². The van der Waals surface area contributed by atoms with Gasteiger partial charge in [-0.1, -0.05) is 22.0 Å². The number of rotatable bonds is 1. The molecule has 0 saturated heterocycles. The highest BCUT2D eigenvalue weighted by molar-refractivity contribution is 9.10. The van der Waals surface area contributed by atoms with Crippen LogP contribution in [0.25, 0.3) is 0 Å². The molecule has 1 heterocycles. The van der Waals surface area contributed by atoms with Gasteiger partial charge in [0.15, 0.2) is 0 Å². The quantitative estimate of drug-likeness (QED) is 0.715. The van der Waals surface area contributed by atoms with Crippen molar-refractivity contribution in [1.29, 1.82) is 0 Å². The molecule has 0 spiro atoms. The van der Waals surface area contributed by atoms with E-state index in [1.807, 2.05) is 18.5 Å². The van der Waals surface area contributed by atoms with Crippen molar-refractivity contribution in [2.24, 2.45) is 4.99 Å². The van der Waals surface area contributed by atoms with E-state index in [9.17, 15) is 0 Å². The van der Waals surface area contributed by atoms with Crippen molar-refractivity contribution < 1.29 is 0 Å². The molecular weight excluding hydrogens is 216 g/mol. The van der Waals surface area contributed by atoms with Crippen molar-refractivity contribution in [1.82, 2.24) is 0 Å². The molecule has 1 aromatic rings. The summed E-state index contributed by atoms with van der Waals surface area (Å²) in [6, 6.07) is 8.24. The van der Waals surface area contributed by atoms with E-state index in [1.165, 1.54) is 5.69 Å². The highest BCUT2D eigenvalue weighted by Gasteiger charge is 2.06. The van der Waals surface area contributed by atoms with Gasteiger partial charge in [0.1, 0.15) is 0 Å². The minimum absolute atomic E-state index is 0.909. The first-order valence-corrected chi connectivity index (χ1v) is 4.68. The number of aliphatic imine (C=N–C) groups is 1. The van der Waals surface area contributed by atoms with Crippen molar-refractivity contribution in [3.05, 3.63) is 28.7 Å². The molecule has 0 aromatic heterocycles. The number of benzene rings is 1. The van der Waals surface area contributed by atoms with Crippen molar-refractivity contribution >= 4 is 28.0 Å². The maximum absolute atomic E-state index is 4.16. The van der Waals surface area contributed by atoms with E-state index in [1.54, 1.807) is 0 Å². The third-order valence-corrected chi connectivity index (χ3v) is 2.32. The summed E-state index contributed by atoms with van der Waals surface area (Å²) < 4.78 is 1.11. The second kappa shape index (κ2) is 3.27. The number of anilines is 1. The van der Waals surface area contributed by atoms with Crippen molar-refractivity contribution in [2.45, 2.75) is 0 Å². The first-order valence-electron chi connectivity index (χ1n) is 3.88. The molecule has 0 saturated carbocycles. The number of nitrogens with zero attached hydrogens (tertiary/aromatic N) is 2. The summed E-state index contributed by atoms with van der Waals surface area (Å²) in [6.07, 6.45) is 1.89. The summed E-state index contributed by atoms with van der Waals surface area (Å²) in [4.78, 5) is 6.30. The normalized spacial score (nSPS) is 15.6. The van der Waals surface area contributed by atoms with Gasteiger partial charge >= 0.3 is 0 Å². The van der Waals surface area contributed by atoms with Gasteiger partial charge < -0.3 is 4.90 Å². The standard InChI is InChI=1S/C9H9BrN2/c10-8-2-1-3-9(6-8)12-5-4-11-7-12/h1-3,6-7H,4-5H2. The molecule has 0 atom stereocenters. The van der Waals surface area contributed by atoms with Crippen LogP contribution in [0, 0.1) is 0 Å². The van der Waals surface area contributed by atoms with Gasteiger partial charge in [-0.25, -0.2) is 0 Å². The van der Waals surface area contributed by atoms with E-state index in [-0.39, 0.29) is 0 Å². The highest BCUT2D eigenvalue weighted by atomic mass is 79.9. The van der Waals surface area contributed by atoms with Crippen LogP contribution in [0.1, 0.15) is 0 Å². The summed E-state index contributed by atoms with van der Waals surface area (Å²) in [5.74, 6) is 0. The van der Waals surface area contributed by atoms with Crippen LogP contribution in [-0.2, 0) is 0 Å². The molecule has 0 fully saturated rings. The van der Waals surface area contributed by atoms with Crippen LogP contribution in [-0.4, -0.2) is 19.4 Å². The summed E-state index contributed by atoms with van der Waals surface area (Å²) in [5.41, 5.74) is 1.20. The van der Waals surface area contributed by atoms with Gasteiger partial charge in [0.2, 0.25) is 0 Å². The molecule has 1 aliphatic heterocycles. The zero-order chi connectivity index (χ0) is 8.39. The fraction of sp³-hybridized carbons (Fsp3) is 0.222. The van der Waals surface area contributed by atoms with Crippen LogP contribution in [0.5, 0.6) is 0 Å². The van der Waals surface area contributed by atoms with E-state index in [0.29, 0.717) is 0 Å². The third kappa shape index (κ3) is 1.50. The number of hydrogen-bond acceptors (Lipinski definition) is 2. The van der Waals surface area contributed by atoms with Gasteiger partial charge in [0.05, 0.1) is 12.9 Å². The topological polar surface area (TPSA) is 15.6 Å². The molecule has 0 aliphatic carbocycles. The minimum atomic E-state index is 0.909. The van der Waals surface area contributed by atoms with Crippen molar-refractivity contribution in [3.63, 3.8) is 0 Å². The van der Waals surface area contributed by atoms with Gasteiger partial charge in [-0.15, -0.1) is 0 Å². The molecule has 2 nitrogen and oxygen atoms in total. The van der Waals surface area contributed by atoms with E-state index >= 15 is 0 Å². The molecule has 0 N–H and O–H groups in total. The second-order valence-corrected chi connectivity index (χ2v) is 3.61. The maximum Gasteiger partial charge on any atom is 0.0895 e. The number of hydrogen-bond donors (Lipinski definition) is 0. The average molecular weight is 225 g/mol. The average Bonchev–Trinajstić information content (AvgIpc) is 2.56. The Morgan fingerprint density at radius 2 is 2.33 bits per heavy atom. The Bertz CT molecular complexity index is 309. The van der Waals surface area contributed by atoms with Crippen LogP contribution in [0.15, 0.2) is 33.7 Å². The van der Waals surface area contributed by atoms with E-state index in [4.69, 9.17) is 0 Å². The summed E-state index contributed by atoms with van der Waals surface area (Å²) in [5, 5.41) is 0. The minimum Gasteiger partial charge on any atom is -0.331 e. The molecule has 12 heavy (non-hydrogen) atoms. The lowest BCUT2D eigenvalue weighted by Gasteiger charge is -2.13. The molecule has 3 heteroatoms. The second-order valence-electron chi connectivity index (χ2n) is 2.69. The number of halogens is 1. The van der Waals surface area contributed by atoms with Crippen molar-refractivity contribution in [2.75, 3.05) is 18.0 Å². The Morgan fingerprint density at radius 1 is 1.42 bits per heavy atom. The highest BCUT2D eigenvalue weighted by Crippen LogP contribution is 2.19. The molecule has 0 radical (unpaired) electrons. The van der Waals surface area contributed by atoms with Crippen molar-refractivity contribution in [3.8, 4) is 0 Å². The molecule has 0 bridgehead atoms. The van der Waals surface area contributed by atoms with Crippen LogP contribution in [0.3, 0.4) is 0 Å². The Balaban J connectivity index is 2.27. The molecule has 1 aromatic carbocycles. The molecule has 2 rings (SSSR count). The first kappa shape index (κ1) is 7.80. The maximum atomic E-state index is 4.16. The van der Waals surface area contributed by atoms with Gasteiger partial charge in [-0.2, -0.15) is 0 Å². The molecule has 0 unspecified atom stereocenters. The molecule has 62 valence electrons. The lowest BCUT2D eigenvalue weighted by atomic mass is 10.3. The third-order valence-electron chi connectivity index (χ3n) is 1.83. The summed E-state index contributed by atoms with van der Waals surface area (Å²) in [7, 11) is 0. The molecule has 0 amide bonds. The summed E-state index contributed by atoms with van der Waals surface area (Å²) >= 11 is 3.44. The predicted octanol–water partition coefficient (Wildman–Crippen LogP) is 2.30. The largest absolute Gasteiger partial charge is 0.331 e. The summed E-state index contributed by atoms with van der Waals surface area (Å²) in [6.45, 7) is 1.91. The smallest absolute Gasteiger partial charge is 0.0895 e. The fourth-order valence-electron chi connectivity index (χ4n) is 1.23. The predicted molar refractivity (Wildman–Crippen MR) is 54.8 cm³/mol. The fourth-order valence-corrected chi connectivity index (χ4v) is 1.62. The SMILES string of the molecule is Brc1cccc(N2C=NCC2)c1. The van der Waals surface area contributed by atoms with Crippen LogP contribution in [0.4, 0.5) is 5.69 Å². The van der Waals surface area contributed by atoms with Crippen LogP contribution < -0.4 is 4.90 Å². The van der Waals surface area contributed by atoms with E-state index in [2.05, 4.69) is 38.0 Å². The van der Waals surface area contributed by atoms with Gasteiger partial charge in [-0.05, 0) is 18.2 Å². The van der Waals surface area contributed by atoms with Crippen LogP contribution >= 0.6 is 15.9 Å². The lowest BCUT2D eigenvalue weighted by Crippen LogP contribution is -2.17. The Morgan fingerprint density at radius 3 is 3.00 bits per heavy atom. The lowest BCUT2D eigenvalue weighted by molar-refractivity contribution is 1.02. The van der Waals surface area contributed by atoms with E-state index < -0.39 is 0 Å². The van der Waals surface area contributed by atoms with E-state index in [0.717, 1.165) is 17.6 Å². The van der Waals surface area contributed by atoms with Gasteiger partial charge in [0.25, 0.3) is 0 Å². The Labute approximate surface area is 80.0 Å². The van der Waals surface area contributed by atoms with Gasteiger partial charge in [0, 0.05) is 16.7 Å². The molecule has 1 aliphatic rings. The zero-order valence-corrected chi connectivity index (χ0v) is 8.16. The monoisotopic (exact) mass is 224 g/mol. The van der Waals surface area contributed by atoms with Crippen LogP contribution in [0.2, 0.25) is 0 Å². The Kier molecular flexibility index (Phi) is 2.13. The first-order chi connectivity index (χ1) is 5.86. The molecular formula is C9H9BrN2. The Hall–Kier alpha value is -0.830. The zero-order valence-electron chi connectivity index (χ0n) is 6.57.